The molecule has 144 valence electrons. The van der Waals surface area contributed by atoms with Crippen molar-refractivity contribution in [1.82, 2.24) is 15.5 Å². The van der Waals surface area contributed by atoms with Gasteiger partial charge in [-0.3, -0.25) is 20.0 Å². The van der Waals surface area contributed by atoms with Gasteiger partial charge in [-0.15, -0.1) is 0 Å². The molecule has 28 heavy (non-hydrogen) atoms. The first kappa shape index (κ1) is 18.9. The normalized spacial score (nSPS) is 10.4. The van der Waals surface area contributed by atoms with Crippen molar-refractivity contribution in [3.63, 3.8) is 0 Å². The van der Waals surface area contributed by atoms with Crippen LogP contribution in [-0.2, 0) is 6.54 Å². The maximum absolute atomic E-state index is 12.4. The lowest BCUT2D eigenvalue weighted by molar-refractivity contribution is -0.384. The van der Waals surface area contributed by atoms with E-state index in [1.54, 1.807) is 44.6 Å². The molecule has 3 aromatic rings. The summed E-state index contributed by atoms with van der Waals surface area (Å²) < 4.78 is 10.4. The largest absolute Gasteiger partial charge is 0.493 e. The fraction of sp³-hybridized carbons (Fsp3) is 0.158. The second-order valence-electron chi connectivity index (χ2n) is 5.84. The van der Waals surface area contributed by atoms with Crippen LogP contribution in [0.25, 0.3) is 11.3 Å². The van der Waals surface area contributed by atoms with Crippen LogP contribution in [0.4, 0.5) is 5.69 Å². The molecule has 1 amide bonds. The molecule has 0 spiro atoms. The zero-order valence-electron chi connectivity index (χ0n) is 15.3. The van der Waals surface area contributed by atoms with E-state index in [2.05, 4.69) is 15.5 Å². The lowest BCUT2D eigenvalue weighted by Gasteiger charge is -2.10. The summed E-state index contributed by atoms with van der Waals surface area (Å²) in [5.74, 6) is 0.866. The molecule has 0 aliphatic carbocycles. The van der Waals surface area contributed by atoms with Gasteiger partial charge in [-0.2, -0.15) is 5.10 Å². The van der Waals surface area contributed by atoms with Crippen LogP contribution in [0.5, 0.6) is 11.5 Å². The number of non-ortho nitro benzene ring substituents is 1. The van der Waals surface area contributed by atoms with E-state index in [-0.39, 0.29) is 17.3 Å². The lowest BCUT2D eigenvalue weighted by atomic mass is 10.1. The SMILES string of the molecule is COc1ccc(CNC(=O)c2cc(-c3ccc([N+](=O)[O-])cc3)n[nH]2)cc1OC. The zero-order valence-corrected chi connectivity index (χ0v) is 15.3. The molecule has 0 aliphatic heterocycles. The van der Waals surface area contributed by atoms with Gasteiger partial charge in [0.15, 0.2) is 11.5 Å². The predicted molar refractivity (Wildman–Crippen MR) is 101 cm³/mol. The molecule has 0 fully saturated rings. The zero-order chi connectivity index (χ0) is 20.1. The molecule has 0 aliphatic rings. The van der Waals surface area contributed by atoms with Crippen molar-refractivity contribution >= 4 is 11.6 Å². The Bertz CT molecular complexity index is 998. The van der Waals surface area contributed by atoms with Gasteiger partial charge in [-0.1, -0.05) is 6.07 Å². The summed E-state index contributed by atoms with van der Waals surface area (Å²) in [4.78, 5) is 22.6. The summed E-state index contributed by atoms with van der Waals surface area (Å²) in [6, 6.07) is 12.9. The van der Waals surface area contributed by atoms with Gasteiger partial charge >= 0.3 is 0 Å². The molecular weight excluding hydrogens is 364 g/mol. The highest BCUT2D eigenvalue weighted by Crippen LogP contribution is 2.27. The summed E-state index contributed by atoms with van der Waals surface area (Å²) in [7, 11) is 3.10. The van der Waals surface area contributed by atoms with Crippen molar-refractivity contribution in [2.75, 3.05) is 14.2 Å². The van der Waals surface area contributed by atoms with Crippen LogP contribution in [0.15, 0.2) is 48.5 Å². The van der Waals surface area contributed by atoms with E-state index in [0.717, 1.165) is 5.56 Å². The van der Waals surface area contributed by atoms with Gasteiger partial charge in [-0.05, 0) is 35.9 Å². The molecule has 0 saturated carbocycles. The number of hydrogen-bond donors (Lipinski definition) is 2. The molecule has 0 atom stereocenters. The minimum Gasteiger partial charge on any atom is -0.493 e. The van der Waals surface area contributed by atoms with E-state index < -0.39 is 4.92 Å². The molecule has 0 saturated heterocycles. The van der Waals surface area contributed by atoms with E-state index in [0.29, 0.717) is 29.3 Å². The number of nitro benzene ring substituents is 1. The molecule has 1 heterocycles. The van der Waals surface area contributed by atoms with Crippen LogP contribution in [-0.4, -0.2) is 35.2 Å². The van der Waals surface area contributed by atoms with Crippen molar-refractivity contribution < 1.29 is 19.2 Å². The minimum atomic E-state index is -0.471. The first-order valence-electron chi connectivity index (χ1n) is 8.31. The molecule has 0 radical (unpaired) electrons. The lowest BCUT2D eigenvalue weighted by Crippen LogP contribution is -2.23. The molecule has 0 unspecified atom stereocenters. The average Bonchev–Trinajstić information content (AvgIpc) is 3.22. The fourth-order valence-corrected chi connectivity index (χ4v) is 2.61. The number of carbonyl (C=O) groups is 1. The van der Waals surface area contributed by atoms with Gasteiger partial charge in [0.1, 0.15) is 5.69 Å². The number of nitrogens with zero attached hydrogens (tertiary/aromatic N) is 2. The van der Waals surface area contributed by atoms with Crippen molar-refractivity contribution in [3.8, 4) is 22.8 Å². The van der Waals surface area contributed by atoms with E-state index in [1.165, 1.54) is 12.1 Å². The summed E-state index contributed by atoms with van der Waals surface area (Å²) in [6.45, 7) is 0.297. The fourth-order valence-electron chi connectivity index (χ4n) is 2.61. The maximum atomic E-state index is 12.4. The van der Waals surface area contributed by atoms with E-state index >= 15 is 0 Å². The average molecular weight is 382 g/mol. The number of aromatic amines is 1. The number of ether oxygens (including phenoxy) is 2. The Morgan fingerprint density at radius 1 is 1.11 bits per heavy atom. The molecule has 2 aromatic carbocycles. The van der Waals surface area contributed by atoms with Gasteiger partial charge in [0.25, 0.3) is 11.6 Å². The molecule has 1 aromatic heterocycles. The topological polar surface area (TPSA) is 119 Å². The summed E-state index contributed by atoms with van der Waals surface area (Å²) in [5.41, 5.74) is 2.31. The number of nitro groups is 1. The molecule has 0 bridgehead atoms. The standard InChI is InChI=1S/C19H18N4O5/c1-27-17-8-3-12(9-18(17)28-2)11-20-19(24)16-10-15(21-22-16)13-4-6-14(7-5-13)23(25)26/h3-10H,11H2,1-2H3,(H,20,24)(H,21,22). The highest BCUT2D eigenvalue weighted by atomic mass is 16.6. The van der Waals surface area contributed by atoms with Crippen LogP contribution in [0.1, 0.15) is 16.1 Å². The number of amides is 1. The third-order valence-electron chi connectivity index (χ3n) is 4.10. The van der Waals surface area contributed by atoms with Crippen molar-refractivity contribution in [3.05, 3.63) is 69.9 Å². The number of benzene rings is 2. The summed E-state index contributed by atoms with van der Waals surface area (Å²) in [5, 5.41) is 20.3. The monoisotopic (exact) mass is 382 g/mol. The maximum Gasteiger partial charge on any atom is 0.269 e. The summed E-state index contributed by atoms with van der Waals surface area (Å²) >= 11 is 0. The number of nitrogens with one attached hydrogen (secondary N) is 2. The Balaban J connectivity index is 1.66. The van der Waals surface area contributed by atoms with Gasteiger partial charge in [-0.25, -0.2) is 0 Å². The highest BCUT2D eigenvalue weighted by Gasteiger charge is 2.13. The Morgan fingerprint density at radius 2 is 1.82 bits per heavy atom. The quantitative estimate of drug-likeness (QED) is 0.479. The summed E-state index contributed by atoms with van der Waals surface area (Å²) in [6.07, 6.45) is 0. The van der Waals surface area contributed by atoms with Crippen LogP contribution < -0.4 is 14.8 Å². The molecule has 3 rings (SSSR count). The second kappa shape index (κ2) is 8.21. The first-order valence-corrected chi connectivity index (χ1v) is 8.31. The number of carbonyl (C=O) groups excluding carboxylic acids is 1. The van der Waals surface area contributed by atoms with Crippen LogP contribution in [0.3, 0.4) is 0 Å². The molecule has 2 N–H and O–H groups in total. The second-order valence-corrected chi connectivity index (χ2v) is 5.84. The third-order valence-corrected chi connectivity index (χ3v) is 4.10. The number of rotatable bonds is 7. The molecule has 9 nitrogen and oxygen atoms in total. The van der Waals surface area contributed by atoms with Gasteiger partial charge in [0.05, 0.1) is 24.8 Å². The van der Waals surface area contributed by atoms with Gasteiger partial charge in [0.2, 0.25) is 0 Å². The first-order chi connectivity index (χ1) is 13.5. The van der Waals surface area contributed by atoms with Crippen molar-refractivity contribution in [2.24, 2.45) is 0 Å². The number of hydrogen-bond acceptors (Lipinski definition) is 6. The third kappa shape index (κ3) is 4.09. The van der Waals surface area contributed by atoms with Crippen molar-refractivity contribution in [1.29, 1.82) is 0 Å². The van der Waals surface area contributed by atoms with Crippen LogP contribution in [0.2, 0.25) is 0 Å². The number of H-pyrrole nitrogens is 1. The highest BCUT2D eigenvalue weighted by molar-refractivity contribution is 5.93. The number of methoxy groups -OCH3 is 2. The van der Waals surface area contributed by atoms with E-state index in [4.69, 9.17) is 9.47 Å². The Kier molecular flexibility index (Phi) is 5.54. The molecular formula is C19H18N4O5. The van der Waals surface area contributed by atoms with Crippen LogP contribution >= 0.6 is 0 Å². The smallest absolute Gasteiger partial charge is 0.269 e. The van der Waals surface area contributed by atoms with E-state index in [9.17, 15) is 14.9 Å². The van der Waals surface area contributed by atoms with Gasteiger partial charge < -0.3 is 14.8 Å². The van der Waals surface area contributed by atoms with Gasteiger partial charge in [0, 0.05) is 24.2 Å². The van der Waals surface area contributed by atoms with Crippen LogP contribution in [0, 0.1) is 10.1 Å². The predicted octanol–water partition coefficient (Wildman–Crippen LogP) is 2.93. The Morgan fingerprint density at radius 3 is 2.46 bits per heavy atom. The van der Waals surface area contributed by atoms with Crippen molar-refractivity contribution in [2.45, 2.75) is 6.54 Å². The molecule has 9 heteroatoms. The minimum absolute atomic E-state index is 0.00725. The Labute approximate surface area is 160 Å². The van der Waals surface area contributed by atoms with E-state index in [1.807, 2.05) is 6.07 Å². The number of aromatic nitrogens is 2. The Hall–Kier alpha value is -3.88.